The molecule has 0 fully saturated rings. The van der Waals surface area contributed by atoms with Gasteiger partial charge in [0.05, 0.1) is 6.61 Å². The number of carbonyl (C=O) groups is 1. The van der Waals surface area contributed by atoms with Crippen molar-refractivity contribution >= 4 is 17.9 Å². The summed E-state index contributed by atoms with van der Waals surface area (Å²) < 4.78 is 4.76. The number of alkyl carbamates (subject to hydrolysis) is 1. The van der Waals surface area contributed by atoms with Crippen LogP contribution in [0.2, 0.25) is 0 Å². The average Bonchev–Trinajstić information content (AvgIpc) is 2.30. The van der Waals surface area contributed by atoms with Gasteiger partial charge in [-0.3, -0.25) is 0 Å². The molecule has 0 unspecified atom stereocenters. The summed E-state index contributed by atoms with van der Waals surface area (Å²) in [5.74, 6) is 0. The minimum Gasteiger partial charge on any atom is -0.450 e. The van der Waals surface area contributed by atoms with Gasteiger partial charge in [0.15, 0.2) is 0 Å². The van der Waals surface area contributed by atoms with Gasteiger partial charge in [0.2, 0.25) is 0 Å². The number of carbonyl (C=O) groups excluding carboxylic acids is 1. The van der Waals surface area contributed by atoms with Gasteiger partial charge in [-0.1, -0.05) is 12.1 Å². The number of ether oxygens (including phenoxy) is 1. The Hall–Kier alpha value is -1.16. The molecular weight excluding hydrogens is 222 g/mol. The number of amides is 1. The molecular formula is C12H17NO2S. The van der Waals surface area contributed by atoms with Crippen LogP contribution in [-0.4, -0.2) is 25.5 Å². The highest BCUT2D eigenvalue weighted by atomic mass is 32.2. The molecule has 1 amide bonds. The Morgan fingerprint density at radius 3 is 2.62 bits per heavy atom. The Morgan fingerprint density at radius 2 is 2.06 bits per heavy atom. The molecule has 1 aromatic carbocycles. The van der Waals surface area contributed by atoms with Crippen molar-refractivity contribution in [3.63, 3.8) is 0 Å². The highest BCUT2D eigenvalue weighted by Crippen LogP contribution is 2.14. The topological polar surface area (TPSA) is 38.3 Å². The third-order valence-electron chi connectivity index (χ3n) is 2.12. The lowest BCUT2D eigenvalue weighted by Crippen LogP contribution is -2.26. The molecule has 0 atom stereocenters. The fraction of sp³-hybridized carbons (Fsp3) is 0.417. The van der Waals surface area contributed by atoms with E-state index in [4.69, 9.17) is 4.74 Å². The lowest BCUT2D eigenvalue weighted by Gasteiger charge is -2.05. The predicted molar refractivity (Wildman–Crippen MR) is 67.0 cm³/mol. The van der Waals surface area contributed by atoms with Crippen LogP contribution in [0.4, 0.5) is 4.79 Å². The largest absolute Gasteiger partial charge is 0.450 e. The average molecular weight is 239 g/mol. The SMILES string of the molecule is CCOC(=O)NCCc1ccc(SC)cc1. The minimum atomic E-state index is -0.344. The molecule has 0 bridgehead atoms. The molecule has 0 spiro atoms. The van der Waals surface area contributed by atoms with Gasteiger partial charge in [-0.05, 0) is 37.3 Å². The Kier molecular flexibility index (Phi) is 5.78. The van der Waals surface area contributed by atoms with Gasteiger partial charge in [-0.2, -0.15) is 0 Å². The van der Waals surface area contributed by atoms with E-state index < -0.39 is 0 Å². The zero-order valence-corrected chi connectivity index (χ0v) is 10.5. The lowest BCUT2D eigenvalue weighted by molar-refractivity contribution is 0.152. The standard InChI is InChI=1S/C12H17NO2S/c1-3-15-12(14)13-9-8-10-4-6-11(16-2)7-5-10/h4-7H,3,8-9H2,1-2H3,(H,13,14). The Labute approximate surface area is 101 Å². The van der Waals surface area contributed by atoms with Crippen LogP contribution in [0, 0.1) is 0 Å². The van der Waals surface area contributed by atoms with Crippen LogP contribution in [0.25, 0.3) is 0 Å². The molecule has 1 aromatic rings. The summed E-state index contributed by atoms with van der Waals surface area (Å²) in [5.41, 5.74) is 1.22. The van der Waals surface area contributed by atoms with Crippen LogP contribution in [-0.2, 0) is 11.2 Å². The van der Waals surface area contributed by atoms with Gasteiger partial charge in [-0.15, -0.1) is 11.8 Å². The maximum Gasteiger partial charge on any atom is 0.407 e. The van der Waals surface area contributed by atoms with Crippen molar-refractivity contribution in [1.29, 1.82) is 0 Å². The quantitative estimate of drug-likeness (QED) is 0.803. The Balaban J connectivity index is 2.29. The smallest absolute Gasteiger partial charge is 0.407 e. The molecule has 88 valence electrons. The predicted octanol–water partition coefficient (Wildman–Crippen LogP) is 2.70. The third kappa shape index (κ3) is 4.57. The molecule has 0 aliphatic carbocycles. The van der Waals surface area contributed by atoms with Gasteiger partial charge in [0.1, 0.15) is 0 Å². The second kappa shape index (κ2) is 7.17. The van der Waals surface area contributed by atoms with Crippen molar-refractivity contribution in [1.82, 2.24) is 5.32 Å². The van der Waals surface area contributed by atoms with E-state index in [0.717, 1.165) is 6.42 Å². The van der Waals surface area contributed by atoms with Crippen LogP contribution in [0.5, 0.6) is 0 Å². The van der Waals surface area contributed by atoms with E-state index >= 15 is 0 Å². The molecule has 0 saturated carbocycles. The summed E-state index contributed by atoms with van der Waals surface area (Å²) in [5, 5.41) is 2.69. The van der Waals surface area contributed by atoms with Crippen LogP contribution >= 0.6 is 11.8 Å². The van der Waals surface area contributed by atoms with E-state index in [1.807, 2.05) is 0 Å². The normalized spacial score (nSPS) is 9.88. The maximum absolute atomic E-state index is 11.0. The monoisotopic (exact) mass is 239 g/mol. The first-order chi connectivity index (χ1) is 7.76. The molecule has 4 heteroatoms. The fourth-order valence-electron chi connectivity index (χ4n) is 1.28. The summed E-state index contributed by atoms with van der Waals surface area (Å²) >= 11 is 1.72. The maximum atomic E-state index is 11.0. The summed E-state index contributed by atoms with van der Waals surface area (Å²) in [6.07, 6.45) is 2.54. The van der Waals surface area contributed by atoms with E-state index in [2.05, 4.69) is 35.8 Å². The van der Waals surface area contributed by atoms with Crippen molar-refractivity contribution in [3.8, 4) is 0 Å². The molecule has 0 aromatic heterocycles. The summed E-state index contributed by atoms with van der Waals surface area (Å²) in [6.45, 7) is 2.81. The van der Waals surface area contributed by atoms with Gasteiger partial charge in [0.25, 0.3) is 0 Å². The minimum absolute atomic E-state index is 0.344. The Bertz CT molecular complexity index is 324. The zero-order valence-electron chi connectivity index (χ0n) is 9.66. The number of hydrogen-bond donors (Lipinski definition) is 1. The molecule has 0 aliphatic heterocycles. The van der Waals surface area contributed by atoms with E-state index in [9.17, 15) is 4.79 Å². The molecule has 0 heterocycles. The summed E-state index contributed by atoms with van der Waals surface area (Å²) in [4.78, 5) is 12.2. The molecule has 1 rings (SSSR count). The second-order valence-electron chi connectivity index (χ2n) is 3.25. The lowest BCUT2D eigenvalue weighted by atomic mass is 10.1. The molecule has 3 nitrogen and oxygen atoms in total. The fourth-order valence-corrected chi connectivity index (χ4v) is 1.69. The van der Waals surface area contributed by atoms with Gasteiger partial charge >= 0.3 is 6.09 Å². The number of benzene rings is 1. The number of thioether (sulfide) groups is 1. The van der Waals surface area contributed by atoms with Gasteiger partial charge in [0, 0.05) is 11.4 Å². The molecule has 0 radical (unpaired) electrons. The zero-order chi connectivity index (χ0) is 11.8. The first-order valence-corrected chi connectivity index (χ1v) is 6.52. The van der Waals surface area contributed by atoms with Crippen LogP contribution in [0.15, 0.2) is 29.2 Å². The first kappa shape index (κ1) is 12.9. The van der Waals surface area contributed by atoms with Crippen LogP contribution in [0.3, 0.4) is 0 Å². The third-order valence-corrected chi connectivity index (χ3v) is 2.86. The number of rotatable bonds is 5. The van der Waals surface area contributed by atoms with Gasteiger partial charge < -0.3 is 10.1 Å². The number of hydrogen-bond acceptors (Lipinski definition) is 3. The summed E-state index contributed by atoms with van der Waals surface area (Å²) in [7, 11) is 0. The van der Waals surface area contributed by atoms with E-state index in [1.165, 1.54) is 10.5 Å². The highest BCUT2D eigenvalue weighted by molar-refractivity contribution is 7.98. The van der Waals surface area contributed by atoms with Crippen molar-refractivity contribution in [2.75, 3.05) is 19.4 Å². The molecule has 0 saturated heterocycles. The van der Waals surface area contributed by atoms with E-state index in [-0.39, 0.29) is 6.09 Å². The molecule has 16 heavy (non-hydrogen) atoms. The van der Waals surface area contributed by atoms with Crippen LogP contribution in [0.1, 0.15) is 12.5 Å². The van der Waals surface area contributed by atoms with Crippen molar-refractivity contribution in [3.05, 3.63) is 29.8 Å². The first-order valence-electron chi connectivity index (χ1n) is 5.29. The van der Waals surface area contributed by atoms with E-state index in [0.29, 0.717) is 13.2 Å². The van der Waals surface area contributed by atoms with Gasteiger partial charge in [-0.25, -0.2) is 4.79 Å². The van der Waals surface area contributed by atoms with Crippen molar-refractivity contribution < 1.29 is 9.53 Å². The molecule has 0 aliphatic rings. The molecule has 1 N–H and O–H groups in total. The summed E-state index contributed by atoms with van der Waals surface area (Å²) in [6, 6.07) is 8.34. The van der Waals surface area contributed by atoms with Crippen molar-refractivity contribution in [2.45, 2.75) is 18.2 Å². The number of nitrogens with one attached hydrogen (secondary N) is 1. The van der Waals surface area contributed by atoms with E-state index in [1.54, 1.807) is 18.7 Å². The van der Waals surface area contributed by atoms with Crippen LogP contribution < -0.4 is 5.32 Å². The Morgan fingerprint density at radius 1 is 1.38 bits per heavy atom. The van der Waals surface area contributed by atoms with Crippen molar-refractivity contribution in [2.24, 2.45) is 0 Å². The highest BCUT2D eigenvalue weighted by Gasteiger charge is 1.99. The second-order valence-corrected chi connectivity index (χ2v) is 4.12.